The van der Waals surface area contributed by atoms with E-state index in [1.165, 1.54) is 6.07 Å². The number of hydrogen-bond acceptors (Lipinski definition) is 9. The Morgan fingerprint density at radius 3 is 2.13 bits per heavy atom. The van der Waals surface area contributed by atoms with Gasteiger partial charge in [0.1, 0.15) is 40.5 Å². The standard InChI is InChI=1S/C42H43FN6O5/c1-24-9-8-10-33(43)38(24)34-15-28-16-37(47-42(50)40-25(2)39(40)29-19-45-48(3)21-29)44-20-32(28)41(46-34)49(22-26-11-13-30(51-4)17-35(26)53-6)23-27-12-14-31(52-5)18-36(27)54-7/h8-21,25,39-40H,22-23H2,1-7H3,(H,44,47,50). The summed E-state index contributed by atoms with van der Waals surface area (Å²) in [5, 5.41) is 8.78. The lowest BCUT2D eigenvalue weighted by atomic mass is 10.0. The number of ether oxygens (including phenoxy) is 4. The molecule has 278 valence electrons. The number of pyridine rings is 2. The predicted octanol–water partition coefficient (Wildman–Crippen LogP) is 7.71. The number of nitrogens with zero attached hydrogens (tertiary/aromatic N) is 5. The number of fused-ring (bicyclic) bond motifs is 1. The molecule has 0 bridgehead atoms. The Hall–Kier alpha value is -6.17. The highest BCUT2D eigenvalue weighted by Gasteiger charge is 2.53. The van der Waals surface area contributed by atoms with Gasteiger partial charge in [-0.3, -0.25) is 9.48 Å². The zero-order valence-electron chi connectivity index (χ0n) is 31.4. The molecule has 3 atom stereocenters. The summed E-state index contributed by atoms with van der Waals surface area (Å²) in [6.45, 7) is 4.62. The topological polar surface area (TPSA) is 113 Å². The second-order valence-electron chi connectivity index (χ2n) is 13.6. The summed E-state index contributed by atoms with van der Waals surface area (Å²) in [6, 6.07) is 20.0. The van der Waals surface area contributed by atoms with E-state index >= 15 is 4.39 Å². The second-order valence-corrected chi connectivity index (χ2v) is 13.6. The van der Waals surface area contributed by atoms with Crippen molar-refractivity contribution in [3.63, 3.8) is 0 Å². The average Bonchev–Trinajstić information content (AvgIpc) is 3.66. The van der Waals surface area contributed by atoms with Crippen molar-refractivity contribution in [1.29, 1.82) is 0 Å². The van der Waals surface area contributed by atoms with Gasteiger partial charge in [-0.2, -0.15) is 5.10 Å². The van der Waals surface area contributed by atoms with Crippen LogP contribution in [-0.4, -0.2) is 54.1 Å². The van der Waals surface area contributed by atoms with Crippen molar-refractivity contribution >= 4 is 28.3 Å². The van der Waals surface area contributed by atoms with Crippen molar-refractivity contribution in [2.75, 3.05) is 38.7 Å². The molecule has 6 aromatic rings. The Kier molecular flexibility index (Phi) is 10.1. The van der Waals surface area contributed by atoms with E-state index in [4.69, 9.17) is 28.9 Å². The van der Waals surface area contributed by atoms with E-state index in [9.17, 15) is 4.79 Å². The van der Waals surface area contributed by atoms with E-state index in [1.54, 1.807) is 45.4 Å². The summed E-state index contributed by atoms with van der Waals surface area (Å²) in [5.74, 6) is 3.08. The molecule has 3 heterocycles. The third-order valence-electron chi connectivity index (χ3n) is 10.2. The Morgan fingerprint density at radius 2 is 1.56 bits per heavy atom. The fraction of sp³-hybridized carbons (Fsp3) is 0.286. The molecule has 0 spiro atoms. The summed E-state index contributed by atoms with van der Waals surface area (Å²) in [6.07, 6.45) is 5.49. The van der Waals surface area contributed by atoms with E-state index in [0.717, 1.165) is 27.6 Å². The fourth-order valence-electron chi connectivity index (χ4n) is 7.30. The normalized spacial score (nSPS) is 16.2. The molecule has 3 aromatic carbocycles. The van der Waals surface area contributed by atoms with Gasteiger partial charge in [-0.05, 0) is 71.8 Å². The van der Waals surface area contributed by atoms with Crippen molar-refractivity contribution in [2.24, 2.45) is 18.9 Å². The fourth-order valence-corrected chi connectivity index (χ4v) is 7.30. The molecule has 1 aliphatic carbocycles. The van der Waals surface area contributed by atoms with Crippen LogP contribution in [0, 0.1) is 24.6 Å². The molecule has 1 aliphatic rings. The van der Waals surface area contributed by atoms with E-state index in [-0.39, 0.29) is 29.5 Å². The number of rotatable bonds is 13. The van der Waals surface area contributed by atoms with Crippen LogP contribution in [-0.2, 0) is 24.9 Å². The zero-order valence-corrected chi connectivity index (χ0v) is 31.4. The first-order valence-corrected chi connectivity index (χ1v) is 17.6. The van der Waals surface area contributed by atoms with Crippen molar-refractivity contribution in [3.05, 3.63) is 113 Å². The highest BCUT2D eigenvalue weighted by molar-refractivity contribution is 5.99. The monoisotopic (exact) mass is 730 g/mol. The van der Waals surface area contributed by atoms with Gasteiger partial charge in [-0.1, -0.05) is 19.1 Å². The predicted molar refractivity (Wildman–Crippen MR) is 206 cm³/mol. The van der Waals surface area contributed by atoms with Crippen LogP contribution in [0.1, 0.15) is 35.1 Å². The quantitative estimate of drug-likeness (QED) is 0.128. The van der Waals surface area contributed by atoms with Gasteiger partial charge in [0, 0.05) is 78.6 Å². The van der Waals surface area contributed by atoms with Crippen LogP contribution in [0.3, 0.4) is 0 Å². The van der Waals surface area contributed by atoms with Crippen molar-refractivity contribution in [2.45, 2.75) is 32.9 Å². The van der Waals surface area contributed by atoms with Gasteiger partial charge in [0.2, 0.25) is 5.91 Å². The molecular formula is C42H43FN6O5. The maximum Gasteiger partial charge on any atom is 0.229 e. The highest BCUT2D eigenvalue weighted by atomic mass is 19.1. The number of carbonyl (C=O) groups excluding carboxylic acids is 1. The van der Waals surface area contributed by atoms with E-state index < -0.39 is 0 Å². The van der Waals surface area contributed by atoms with Crippen molar-refractivity contribution in [1.82, 2.24) is 19.7 Å². The van der Waals surface area contributed by atoms with Crippen molar-refractivity contribution < 1.29 is 28.1 Å². The molecule has 11 nitrogen and oxygen atoms in total. The number of hydrogen-bond donors (Lipinski definition) is 1. The Morgan fingerprint density at radius 1 is 0.889 bits per heavy atom. The smallest absolute Gasteiger partial charge is 0.229 e. The number of methoxy groups -OCH3 is 4. The minimum atomic E-state index is -0.389. The van der Waals surface area contributed by atoms with E-state index in [1.807, 2.05) is 81.0 Å². The summed E-state index contributed by atoms with van der Waals surface area (Å²) in [7, 11) is 8.32. The summed E-state index contributed by atoms with van der Waals surface area (Å²) in [5.41, 5.74) is 4.34. The molecule has 0 saturated heterocycles. The third kappa shape index (κ3) is 7.11. The van der Waals surface area contributed by atoms with Crippen LogP contribution in [0.2, 0.25) is 0 Å². The first kappa shape index (κ1) is 36.2. The van der Waals surface area contributed by atoms with Gasteiger partial charge in [0.25, 0.3) is 0 Å². The van der Waals surface area contributed by atoms with E-state index in [0.29, 0.717) is 64.4 Å². The van der Waals surface area contributed by atoms with Gasteiger partial charge in [-0.25, -0.2) is 14.4 Å². The summed E-state index contributed by atoms with van der Waals surface area (Å²) in [4.78, 5) is 25.6. The van der Waals surface area contributed by atoms with E-state index in [2.05, 4.69) is 22.2 Å². The number of aryl methyl sites for hydroxylation is 2. The third-order valence-corrected chi connectivity index (χ3v) is 10.2. The number of anilines is 2. The molecule has 1 fully saturated rings. The summed E-state index contributed by atoms with van der Waals surface area (Å²) >= 11 is 0. The van der Waals surface area contributed by atoms with Crippen LogP contribution < -0.4 is 29.2 Å². The van der Waals surface area contributed by atoms with Crippen molar-refractivity contribution in [3.8, 4) is 34.3 Å². The molecular weight excluding hydrogens is 687 g/mol. The lowest BCUT2D eigenvalue weighted by Gasteiger charge is -2.28. The molecule has 1 N–H and O–H groups in total. The Labute approximate surface area is 313 Å². The highest BCUT2D eigenvalue weighted by Crippen LogP contribution is 2.54. The maximum atomic E-state index is 15.7. The van der Waals surface area contributed by atoms with Crippen LogP contribution in [0.4, 0.5) is 16.0 Å². The lowest BCUT2D eigenvalue weighted by Crippen LogP contribution is -2.24. The molecule has 1 saturated carbocycles. The molecule has 54 heavy (non-hydrogen) atoms. The number of nitrogens with one attached hydrogen (secondary N) is 1. The molecule has 3 aromatic heterocycles. The van der Waals surface area contributed by atoms with Gasteiger partial charge in [0.15, 0.2) is 0 Å². The molecule has 3 unspecified atom stereocenters. The van der Waals surface area contributed by atoms with Gasteiger partial charge in [0.05, 0.1) is 40.3 Å². The minimum Gasteiger partial charge on any atom is -0.497 e. The molecule has 1 amide bonds. The van der Waals surface area contributed by atoms with Crippen LogP contribution >= 0.6 is 0 Å². The van der Waals surface area contributed by atoms with Crippen LogP contribution in [0.25, 0.3) is 22.0 Å². The first-order valence-electron chi connectivity index (χ1n) is 17.6. The number of halogens is 1. The Bertz CT molecular complexity index is 2270. The summed E-state index contributed by atoms with van der Waals surface area (Å²) < 4.78 is 40.0. The zero-order chi connectivity index (χ0) is 38.1. The van der Waals surface area contributed by atoms with Crippen LogP contribution in [0.5, 0.6) is 23.0 Å². The van der Waals surface area contributed by atoms with Gasteiger partial charge in [-0.15, -0.1) is 0 Å². The number of carbonyl (C=O) groups is 1. The minimum absolute atomic E-state index is 0.0871. The molecule has 12 heteroatoms. The molecule has 7 rings (SSSR count). The molecule has 0 radical (unpaired) electrons. The maximum absolute atomic E-state index is 15.7. The largest absolute Gasteiger partial charge is 0.497 e. The second kappa shape index (κ2) is 15.1. The number of aromatic nitrogens is 4. The lowest BCUT2D eigenvalue weighted by molar-refractivity contribution is -0.117. The van der Waals surface area contributed by atoms with Gasteiger partial charge < -0.3 is 29.2 Å². The average molecular weight is 731 g/mol. The first-order chi connectivity index (χ1) is 26.1. The number of benzene rings is 3. The van der Waals surface area contributed by atoms with Gasteiger partial charge >= 0.3 is 0 Å². The SMILES string of the molecule is COc1ccc(CN(Cc2ccc(OC)cc2OC)c2nc(-c3c(C)cccc3F)cc3cc(NC(=O)C4C(C)C4c4cnn(C)c4)ncc23)c(OC)c1. The van der Waals surface area contributed by atoms with Crippen LogP contribution in [0.15, 0.2) is 85.3 Å². The number of amides is 1. The molecule has 0 aliphatic heterocycles. The Balaban J connectivity index is 1.35.